The highest BCUT2D eigenvalue weighted by molar-refractivity contribution is 5.73. The quantitative estimate of drug-likeness (QED) is 0.610. The van der Waals surface area contributed by atoms with E-state index in [2.05, 4.69) is 5.10 Å². The molecule has 0 spiro atoms. The van der Waals surface area contributed by atoms with Gasteiger partial charge >= 0.3 is 6.30 Å². The van der Waals surface area contributed by atoms with Gasteiger partial charge in [0, 0.05) is 6.20 Å². The largest absolute Gasteiger partial charge is 0.504 e. The summed E-state index contributed by atoms with van der Waals surface area (Å²) in [6, 6.07) is 0. The Kier molecular flexibility index (Phi) is 1.91. The average Bonchev–Trinajstić information content (AvgIpc) is 2.29. The third kappa shape index (κ3) is 1.46. The number of rotatable bonds is 1. The summed E-state index contributed by atoms with van der Waals surface area (Å²) in [6.07, 6.45) is -3.49. The molecule has 1 rings (SSSR count). The fourth-order valence-corrected chi connectivity index (χ4v) is 0.720. The number of carbonyl (C=O) groups is 1. The van der Waals surface area contributed by atoms with Crippen LogP contribution in [0.5, 0.6) is 0 Å². The van der Waals surface area contributed by atoms with Crippen LogP contribution in [0.15, 0.2) is 6.20 Å². The van der Waals surface area contributed by atoms with Gasteiger partial charge in [-0.1, -0.05) is 0 Å². The van der Waals surface area contributed by atoms with Crippen LogP contribution in [-0.4, -0.2) is 16.1 Å². The predicted octanol–water partition coefficient (Wildman–Crippen LogP) is 1.48. The van der Waals surface area contributed by atoms with E-state index in [1.165, 1.54) is 6.92 Å². The van der Waals surface area contributed by atoms with Gasteiger partial charge in [-0.25, -0.2) is 0 Å². The first-order valence-corrected chi connectivity index (χ1v) is 3.04. The van der Waals surface area contributed by atoms with Crippen LogP contribution in [0, 0.1) is 6.92 Å². The van der Waals surface area contributed by atoms with Gasteiger partial charge in [0.05, 0.1) is 0 Å². The second-order valence-corrected chi connectivity index (χ2v) is 2.23. The van der Waals surface area contributed by atoms with E-state index >= 15 is 0 Å². The molecule has 6 heteroatoms. The molecule has 1 aromatic heterocycles. The Morgan fingerprint density at radius 3 is 2.42 bits per heavy atom. The molecular formula is C6H5F3N2O. The van der Waals surface area contributed by atoms with Crippen molar-refractivity contribution in [3.63, 3.8) is 0 Å². The molecule has 66 valence electrons. The van der Waals surface area contributed by atoms with E-state index in [-0.39, 0.29) is 22.2 Å². The number of alkyl halides is 3. The Morgan fingerprint density at radius 2 is 2.17 bits per heavy atom. The maximum absolute atomic E-state index is 11.9. The first-order chi connectivity index (χ1) is 5.45. The summed E-state index contributed by atoms with van der Waals surface area (Å²) >= 11 is 0. The third-order valence-corrected chi connectivity index (χ3v) is 1.31. The number of aryl methyl sites for hydroxylation is 1. The SMILES string of the molecule is Cc1cn(C(F)(F)F)nc1C=O. The predicted molar refractivity (Wildman–Crippen MR) is 33.6 cm³/mol. The van der Waals surface area contributed by atoms with Gasteiger partial charge < -0.3 is 0 Å². The molecule has 0 fully saturated rings. The molecule has 0 saturated carbocycles. The molecule has 0 N–H and O–H groups in total. The smallest absolute Gasteiger partial charge is 0.296 e. The number of hydrogen-bond acceptors (Lipinski definition) is 2. The zero-order chi connectivity index (χ0) is 9.35. The van der Waals surface area contributed by atoms with Gasteiger partial charge in [0.2, 0.25) is 0 Å². The lowest BCUT2D eigenvalue weighted by Crippen LogP contribution is -2.17. The minimum absolute atomic E-state index is 0.188. The summed E-state index contributed by atoms with van der Waals surface area (Å²) in [5, 5.41) is 3.02. The number of halogens is 3. The van der Waals surface area contributed by atoms with Gasteiger partial charge in [-0.05, 0) is 12.5 Å². The molecule has 0 radical (unpaired) electrons. The second kappa shape index (κ2) is 2.62. The molecule has 0 aliphatic rings. The first kappa shape index (κ1) is 8.76. The summed E-state index contributed by atoms with van der Waals surface area (Å²) in [6.45, 7) is 1.39. The summed E-state index contributed by atoms with van der Waals surface area (Å²) in [5.41, 5.74) is 0.0228. The molecule has 0 aliphatic heterocycles. The van der Waals surface area contributed by atoms with Gasteiger partial charge in [0.1, 0.15) is 5.69 Å². The number of aromatic nitrogens is 2. The molecule has 0 bridgehead atoms. The van der Waals surface area contributed by atoms with Gasteiger partial charge in [-0.2, -0.15) is 9.78 Å². The molecule has 0 saturated heterocycles. The minimum Gasteiger partial charge on any atom is -0.296 e. The lowest BCUT2D eigenvalue weighted by atomic mass is 10.3. The average molecular weight is 178 g/mol. The van der Waals surface area contributed by atoms with Gasteiger partial charge in [0.25, 0.3) is 0 Å². The summed E-state index contributed by atoms with van der Waals surface area (Å²) < 4.78 is 35.5. The van der Waals surface area contributed by atoms with Crippen LogP contribution < -0.4 is 0 Å². The highest BCUT2D eigenvalue weighted by atomic mass is 19.4. The van der Waals surface area contributed by atoms with E-state index in [9.17, 15) is 18.0 Å². The van der Waals surface area contributed by atoms with E-state index in [0.29, 0.717) is 0 Å². The fraction of sp³-hybridized carbons (Fsp3) is 0.333. The molecule has 0 aromatic carbocycles. The van der Waals surface area contributed by atoms with Gasteiger partial charge in [-0.15, -0.1) is 13.2 Å². The van der Waals surface area contributed by atoms with Crippen LogP contribution in [0.2, 0.25) is 0 Å². The monoisotopic (exact) mass is 178 g/mol. The number of carbonyl (C=O) groups excluding carboxylic acids is 1. The Balaban J connectivity index is 3.13. The number of hydrogen-bond donors (Lipinski definition) is 0. The van der Waals surface area contributed by atoms with Crippen molar-refractivity contribution >= 4 is 6.29 Å². The molecule has 1 heterocycles. The van der Waals surface area contributed by atoms with Crippen LogP contribution >= 0.6 is 0 Å². The van der Waals surface area contributed by atoms with E-state index < -0.39 is 6.30 Å². The fourth-order valence-electron chi connectivity index (χ4n) is 0.720. The Hall–Kier alpha value is -1.33. The van der Waals surface area contributed by atoms with Crippen LogP contribution in [0.1, 0.15) is 16.1 Å². The summed E-state index contributed by atoms with van der Waals surface area (Å²) in [4.78, 5) is 10.1. The van der Waals surface area contributed by atoms with Crippen LogP contribution in [-0.2, 0) is 6.30 Å². The summed E-state index contributed by atoms with van der Waals surface area (Å²) in [7, 11) is 0. The lowest BCUT2D eigenvalue weighted by molar-refractivity contribution is -0.212. The van der Waals surface area contributed by atoms with E-state index in [4.69, 9.17) is 0 Å². The molecule has 3 nitrogen and oxygen atoms in total. The van der Waals surface area contributed by atoms with Crippen molar-refractivity contribution in [2.24, 2.45) is 0 Å². The third-order valence-electron chi connectivity index (χ3n) is 1.31. The van der Waals surface area contributed by atoms with Crippen LogP contribution in [0.3, 0.4) is 0 Å². The normalized spacial score (nSPS) is 11.7. The number of aldehydes is 1. The van der Waals surface area contributed by atoms with Crippen molar-refractivity contribution < 1.29 is 18.0 Å². The van der Waals surface area contributed by atoms with Gasteiger partial charge in [0.15, 0.2) is 6.29 Å². The maximum atomic E-state index is 11.9. The highest BCUT2D eigenvalue weighted by Crippen LogP contribution is 2.21. The molecule has 12 heavy (non-hydrogen) atoms. The van der Waals surface area contributed by atoms with E-state index in [0.717, 1.165) is 6.20 Å². The Morgan fingerprint density at radius 1 is 1.58 bits per heavy atom. The molecule has 1 aromatic rings. The minimum atomic E-state index is -4.55. The molecule has 0 aliphatic carbocycles. The molecule has 0 amide bonds. The van der Waals surface area contributed by atoms with E-state index in [1.54, 1.807) is 0 Å². The Labute approximate surface area is 65.8 Å². The van der Waals surface area contributed by atoms with Gasteiger partial charge in [-0.3, -0.25) is 4.79 Å². The van der Waals surface area contributed by atoms with Crippen LogP contribution in [0.25, 0.3) is 0 Å². The zero-order valence-electron chi connectivity index (χ0n) is 6.09. The lowest BCUT2D eigenvalue weighted by Gasteiger charge is -2.03. The second-order valence-electron chi connectivity index (χ2n) is 2.23. The maximum Gasteiger partial charge on any atom is 0.504 e. The standard InChI is InChI=1S/C6H5F3N2O/c1-4-2-11(6(7,8)9)10-5(4)3-12/h2-3H,1H3. The van der Waals surface area contributed by atoms with Crippen LogP contribution in [0.4, 0.5) is 13.2 Å². The van der Waals surface area contributed by atoms with Crippen molar-refractivity contribution in [2.75, 3.05) is 0 Å². The highest BCUT2D eigenvalue weighted by Gasteiger charge is 2.32. The van der Waals surface area contributed by atoms with Crippen molar-refractivity contribution in [3.8, 4) is 0 Å². The molecule has 0 atom stereocenters. The zero-order valence-corrected chi connectivity index (χ0v) is 6.09. The number of nitrogens with zero attached hydrogens (tertiary/aromatic N) is 2. The topological polar surface area (TPSA) is 34.9 Å². The first-order valence-electron chi connectivity index (χ1n) is 3.04. The Bertz CT molecular complexity index is 302. The van der Waals surface area contributed by atoms with Crippen molar-refractivity contribution in [2.45, 2.75) is 13.2 Å². The summed E-state index contributed by atoms with van der Waals surface area (Å²) in [5.74, 6) is 0. The molecular weight excluding hydrogens is 173 g/mol. The van der Waals surface area contributed by atoms with Crippen molar-refractivity contribution in [3.05, 3.63) is 17.5 Å². The van der Waals surface area contributed by atoms with E-state index in [1.807, 2.05) is 0 Å². The van der Waals surface area contributed by atoms with Crippen molar-refractivity contribution in [1.82, 2.24) is 9.78 Å². The van der Waals surface area contributed by atoms with Crippen molar-refractivity contribution in [1.29, 1.82) is 0 Å². The molecule has 0 unspecified atom stereocenters.